The Morgan fingerprint density at radius 2 is 2.11 bits per heavy atom. The van der Waals surface area contributed by atoms with Gasteiger partial charge in [-0.1, -0.05) is 13.8 Å². The lowest BCUT2D eigenvalue weighted by Gasteiger charge is -2.30. The number of anilines is 1. The van der Waals surface area contributed by atoms with Crippen LogP contribution in [0, 0.1) is 6.92 Å². The van der Waals surface area contributed by atoms with Crippen molar-refractivity contribution in [3.63, 3.8) is 0 Å². The number of rotatable bonds is 5. The minimum atomic E-state index is 0.512. The van der Waals surface area contributed by atoms with Crippen molar-refractivity contribution in [1.82, 2.24) is 10.3 Å². The molecule has 0 amide bonds. The van der Waals surface area contributed by atoms with E-state index < -0.39 is 0 Å². The summed E-state index contributed by atoms with van der Waals surface area (Å²) in [6.07, 6.45) is 2.21. The molecule has 0 unspecified atom stereocenters. The molecule has 1 aliphatic rings. The maximum atomic E-state index is 5.43. The van der Waals surface area contributed by atoms with Crippen molar-refractivity contribution in [2.24, 2.45) is 0 Å². The number of hydrogen-bond donors (Lipinski definition) is 1. The summed E-state index contributed by atoms with van der Waals surface area (Å²) in [4.78, 5) is 8.41. The molecule has 0 aromatic carbocycles. The van der Waals surface area contributed by atoms with Crippen LogP contribution < -0.4 is 10.2 Å². The maximum absolute atomic E-state index is 5.43. The van der Waals surface area contributed by atoms with Crippen LogP contribution in [0.15, 0.2) is 0 Å². The molecule has 1 aromatic heterocycles. The highest BCUT2D eigenvalue weighted by atomic mass is 32.1. The van der Waals surface area contributed by atoms with Crippen LogP contribution in [-0.2, 0) is 11.3 Å². The quantitative estimate of drug-likeness (QED) is 0.901. The van der Waals surface area contributed by atoms with E-state index in [0.29, 0.717) is 12.1 Å². The first-order chi connectivity index (χ1) is 9.08. The zero-order valence-electron chi connectivity index (χ0n) is 12.4. The molecule has 0 aliphatic carbocycles. The second kappa shape index (κ2) is 6.68. The van der Waals surface area contributed by atoms with Gasteiger partial charge in [0, 0.05) is 43.8 Å². The fourth-order valence-corrected chi connectivity index (χ4v) is 3.30. The number of nitrogens with zero attached hydrogens (tertiary/aromatic N) is 2. The number of hydrogen-bond acceptors (Lipinski definition) is 5. The van der Waals surface area contributed by atoms with Crippen LogP contribution in [0.1, 0.15) is 37.3 Å². The van der Waals surface area contributed by atoms with Gasteiger partial charge in [0.25, 0.3) is 0 Å². The van der Waals surface area contributed by atoms with Gasteiger partial charge in [-0.2, -0.15) is 0 Å². The summed E-state index contributed by atoms with van der Waals surface area (Å²) in [6.45, 7) is 9.12. The molecule has 2 heterocycles. The largest absolute Gasteiger partial charge is 0.381 e. The van der Waals surface area contributed by atoms with Gasteiger partial charge in [0.05, 0.1) is 5.69 Å². The third kappa shape index (κ3) is 3.91. The molecule has 19 heavy (non-hydrogen) atoms. The molecule has 0 atom stereocenters. The van der Waals surface area contributed by atoms with E-state index in [4.69, 9.17) is 9.72 Å². The molecule has 0 spiro atoms. The zero-order chi connectivity index (χ0) is 13.8. The van der Waals surface area contributed by atoms with Crippen LogP contribution in [0.2, 0.25) is 0 Å². The van der Waals surface area contributed by atoms with Gasteiger partial charge in [0.15, 0.2) is 5.13 Å². The lowest BCUT2D eigenvalue weighted by molar-refractivity contribution is 0.0855. The van der Waals surface area contributed by atoms with Gasteiger partial charge in [-0.15, -0.1) is 11.3 Å². The highest BCUT2D eigenvalue weighted by Gasteiger charge is 2.21. The van der Waals surface area contributed by atoms with E-state index in [9.17, 15) is 0 Å². The molecule has 0 bridgehead atoms. The molecule has 1 N–H and O–H groups in total. The topological polar surface area (TPSA) is 37.4 Å². The SMILES string of the molecule is Cc1nc(N(C)C2CCOCC2)sc1CNC(C)C. The molecule has 108 valence electrons. The summed E-state index contributed by atoms with van der Waals surface area (Å²) in [5.74, 6) is 0. The van der Waals surface area contributed by atoms with E-state index in [1.54, 1.807) is 0 Å². The van der Waals surface area contributed by atoms with E-state index >= 15 is 0 Å². The molecule has 1 aromatic rings. The fourth-order valence-electron chi connectivity index (χ4n) is 2.25. The third-order valence-electron chi connectivity index (χ3n) is 3.59. The van der Waals surface area contributed by atoms with E-state index in [2.05, 4.69) is 38.0 Å². The first-order valence-corrected chi connectivity index (χ1v) is 7.90. The van der Waals surface area contributed by atoms with E-state index in [1.807, 2.05) is 11.3 Å². The van der Waals surface area contributed by atoms with Crippen LogP contribution in [0.5, 0.6) is 0 Å². The smallest absolute Gasteiger partial charge is 0.185 e. The number of aryl methyl sites for hydroxylation is 1. The Morgan fingerprint density at radius 3 is 2.74 bits per heavy atom. The molecule has 2 rings (SSSR count). The predicted molar refractivity (Wildman–Crippen MR) is 81.1 cm³/mol. The highest BCUT2D eigenvalue weighted by molar-refractivity contribution is 7.15. The monoisotopic (exact) mass is 283 g/mol. The Hall–Kier alpha value is -0.650. The molecule has 0 radical (unpaired) electrons. The zero-order valence-corrected chi connectivity index (χ0v) is 13.2. The van der Waals surface area contributed by atoms with Gasteiger partial charge < -0.3 is 15.0 Å². The molecule has 0 saturated carbocycles. The van der Waals surface area contributed by atoms with Crippen molar-refractivity contribution in [3.8, 4) is 0 Å². The van der Waals surface area contributed by atoms with Gasteiger partial charge in [-0.3, -0.25) is 0 Å². The molecule has 5 heteroatoms. The van der Waals surface area contributed by atoms with Crippen molar-refractivity contribution >= 4 is 16.5 Å². The summed E-state index contributed by atoms with van der Waals surface area (Å²) < 4.78 is 5.43. The van der Waals surface area contributed by atoms with Crippen molar-refractivity contribution in [2.45, 2.75) is 52.2 Å². The molecule has 4 nitrogen and oxygen atoms in total. The summed E-state index contributed by atoms with van der Waals surface area (Å²) in [5, 5.41) is 4.61. The van der Waals surface area contributed by atoms with Gasteiger partial charge in [-0.05, 0) is 19.8 Å². The highest BCUT2D eigenvalue weighted by Crippen LogP contribution is 2.28. The maximum Gasteiger partial charge on any atom is 0.185 e. The van der Waals surface area contributed by atoms with Gasteiger partial charge in [-0.25, -0.2) is 4.98 Å². The van der Waals surface area contributed by atoms with Crippen LogP contribution in [0.25, 0.3) is 0 Å². The lowest BCUT2D eigenvalue weighted by atomic mass is 10.1. The number of aromatic nitrogens is 1. The molecular weight excluding hydrogens is 258 g/mol. The summed E-state index contributed by atoms with van der Waals surface area (Å²) in [5.41, 5.74) is 1.16. The summed E-state index contributed by atoms with van der Waals surface area (Å²) in [6, 6.07) is 1.09. The van der Waals surface area contributed by atoms with Crippen LogP contribution in [-0.4, -0.2) is 37.3 Å². The third-order valence-corrected chi connectivity index (χ3v) is 4.84. The molecule has 1 aliphatic heterocycles. The Morgan fingerprint density at radius 1 is 1.42 bits per heavy atom. The van der Waals surface area contributed by atoms with Gasteiger partial charge >= 0.3 is 0 Å². The van der Waals surface area contributed by atoms with Crippen LogP contribution >= 0.6 is 11.3 Å². The van der Waals surface area contributed by atoms with Crippen molar-refractivity contribution < 1.29 is 4.74 Å². The Labute approximate surface area is 120 Å². The standard InChI is InChI=1S/C14H25N3OS/c1-10(2)15-9-13-11(3)16-14(19-13)17(4)12-5-7-18-8-6-12/h10,12,15H,5-9H2,1-4H3. The minimum absolute atomic E-state index is 0.512. The Kier molecular flexibility index (Phi) is 5.19. The van der Waals surface area contributed by atoms with Gasteiger partial charge in [0.2, 0.25) is 0 Å². The number of ether oxygens (including phenoxy) is 1. The second-order valence-corrected chi connectivity index (χ2v) is 6.56. The minimum Gasteiger partial charge on any atom is -0.381 e. The number of thiazole rings is 1. The average Bonchev–Trinajstić information content (AvgIpc) is 2.78. The summed E-state index contributed by atoms with van der Waals surface area (Å²) >= 11 is 1.81. The van der Waals surface area contributed by atoms with E-state index in [-0.39, 0.29) is 0 Å². The normalized spacial score (nSPS) is 17.1. The number of nitrogens with one attached hydrogen (secondary N) is 1. The first-order valence-electron chi connectivity index (χ1n) is 7.08. The first kappa shape index (κ1) is 14.8. The van der Waals surface area contributed by atoms with Crippen LogP contribution in [0.3, 0.4) is 0 Å². The van der Waals surface area contributed by atoms with Crippen molar-refractivity contribution in [3.05, 3.63) is 10.6 Å². The fraction of sp³-hybridized carbons (Fsp3) is 0.786. The van der Waals surface area contributed by atoms with Crippen molar-refractivity contribution in [1.29, 1.82) is 0 Å². The van der Waals surface area contributed by atoms with E-state index in [0.717, 1.165) is 43.4 Å². The van der Waals surface area contributed by atoms with Crippen molar-refractivity contribution in [2.75, 3.05) is 25.2 Å². The Balaban J connectivity index is 2.01. The molecule has 1 saturated heterocycles. The molecular formula is C14H25N3OS. The van der Waals surface area contributed by atoms with E-state index in [1.165, 1.54) is 4.88 Å². The average molecular weight is 283 g/mol. The Bertz CT molecular complexity index is 399. The second-order valence-electron chi connectivity index (χ2n) is 5.50. The molecule has 1 fully saturated rings. The van der Waals surface area contributed by atoms with Gasteiger partial charge in [0.1, 0.15) is 0 Å². The van der Waals surface area contributed by atoms with Crippen LogP contribution in [0.4, 0.5) is 5.13 Å². The predicted octanol–water partition coefficient (Wildman–Crippen LogP) is 2.56. The lowest BCUT2D eigenvalue weighted by Crippen LogP contribution is -2.36. The summed E-state index contributed by atoms with van der Waals surface area (Å²) in [7, 11) is 2.16.